The summed E-state index contributed by atoms with van der Waals surface area (Å²) in [4.78, 5) is 8.81. The highest BCUT2D eigenvalue weighted by atomic mass is 16.5. The molecule has 0 aliphatic rings. The van der Waals surface area contributed by atoms with Gasteiger partial charge in [0.15, 0.2) is 0 Å². The van der Waals surface area contributed by atoms with Gasteiger partial charge in [0.25, 0.3) is 0 Å². The molecule has 3 N–H and O–H groups in total. The zero-order valence-electron chi connectivity index (χ0n) is 17.6. The van der Waals surface area contributed by atoms with Crippen LogP contribution in [-0.4, -0.2) is 47.8 Å². The van der Waals surface area contributed by atoms with E-state index in [4.69, 9.17) is 9.62 Å². The third kappa shape index (κ3) is 4.89. The summed E-state index contributed by atoms with van der Waals surface area (Å²) in [6, 6.07) is 9.00. The van der Waals surface area contributed by atoms with Gasteiger partial charge in [-0.2, -0.15) is 5.10 Å². The van der Waals surface area contributed by atoms with E-state index in [-0.39, 0.29) is 5.75 Å². The van der Waals surface area contributed by atoms with Crippen LogP contribution in [-0.2, 0) is 6.54 Å². The van der Waals surface area contributed by atoms with Crippen LogP contribution in [0.5, 0.6) is 5.75 Å². The number of aryl methyl sites for hydroxylation is 2. The first-order valence-corrected chi connectivity index (χ1v) is 9.93. The van der Waals surface area contributed by atoms with Crippen molar-refractivity contribution in [2.24, 2.45) is 0 Å². The van der Waals surface area contributed by atoms with Crippen molar-refractivity contribution in [1.29, 1.82) is 0 Å². The number of nitrogens with one attached hydrogen (secondary N) is 1. The summed E-state index contributed by atoms with van der Waals surface area (Å²) in [6.45, 7) is 6.22. The van der Waals surface area contributed by atoms with E-state index in [2.05, 4.69) is 20.4 Å². The zero-order chi connectivity index (χ0) is 22.0. The number of hydrogen-bond donors (Lipinski definition) is 3. The Kier molecular flexibility index (Phi) is 5.68. The van der Waals surface area contributed by atoms with E-state index in [1.165, 1.54) is 0 Å². The minimum Gasteiger partial charge on any atom is -0.508 e. The number of phenolic OH excluding ortho intramolecular Hbond substituents is 1. The minimum atomic E-state index is -0.522. The molecule has 0 aliphatic carbocycles. The van der Waals surface area contributed by atoms with Gasteiger partial charge >= 0.3 is 0 Å². The number of anilines is 1. The van der Waals surface area contributed by atoms with Gasteiger partial charge in [0, 0.05) is 36.1 Å². The van der Waals surface area contributed by atoms with Gasteiger partial charge in [-0.15, -0.1) is 0 Å². The van der Waals surface area contributed by atoms with E-state index in [0.717, 1.165) is 28.1 Å². The molecule has 31 heavy (non-hydrogen) atoms. The summed E-state index contributed by atoms with van der Waals surface area (Å²) in [5.41, 5.74) is 4.59. The molecule has 160 valence electrons. The minimum absolute atomic E-state index is 0.171. The molecule has 3 heterocycles. The fourth-order valence-corrected chi connectivity index (χ4v) is 3.29. The lowest BCUT2D eigenvalue weighted by Gasteiger charge is -2.08. The number of aliphatic hydroxyl groups excluding tert-OH is 1. The molecular weight excluding hydrogens is 396 g/mol. The summed E-state index contributed by atoms with van der Waals surface area (Å²) >= 11 is 0. The fourth-order valence-electron chi connectivity index (χ4n) is 3.29. The van der Waals surface area contributed by atoms with Crippen LogP contribution in [0, 0.1) is 13.8 Å². The average Bonchev–Trinajstić information content (AvgIpc) is 3.32. The summed E-state index contributed by atoms with van der Waals surface area (Å²) in [7, 11) is 0. The lowest BCUT2D eigenvalue weighted by molar-refractivity contribution is 0.208. The SMILES string of the molecule is Cc1cc(O)cc(-c2nn(Cc3cc(C)on3)cc2-c2ccnc(NC[C@H](C)O)n2)c1. The van der Waals surface area contributed by atoms with Crippen LogP contribution < -0.4 is 5.32 Å². The van der Waals surface area contributed by atoms with Crippen LogP contribution in [0.25, 0.3) is 22.5 Å². The quantitative estimate of drug-likeness (QED) is 0.417. The maximum atomic E-state index is 10.1. The number of hydrogen-bond acceptors (Lipinski definition) is 8. The molecule has 0 bridgehead atoms. The first-order valence-electron chi connectivity index (χ1n) is 9.93. The van der Waals surface area contributed by atoms with E-state index in [0.29, 0.717) is 30.4 Å². The molecule has 1 aromatic carbocycles. The van der Waals surface area contributed by atoms with Crippen LogP contribution in [0.3, 0.4) is 0 Å². The van der Waals surface area contributed by atoms with Gasteiger partial charge in [-0.05, 0) is 50.6 Å². The van der Waals surface area contributed by atoms with Gasteiger partial charge in [-0.3, -0.25) is 4.68 Å². The molecule has 4 aromatic rings. The van der Waals surface area contributed by atoms with E-state index in [9.17, 15) is 10.2 Å². The van der Waals surface area contributed by atoms with E-state index in [1.54, 1.807) is 36.0 Å². The van der Waals surface area contributed by atoms with E-state index >= 15 is 0 Å². The van der Waals surface area contributed by atoms with Crippen molar-refractivity contribution in [2.75, 3.05) is 11.9 Å². The zero-order valence-corrected chi connectivity index (χ0v) is 17.6. The lowest BCUT2D eigenvalue weighted by Crippen LogP contribution is -2.16. The lowest BCUT2D eigenvalue weighted by atomic mass is 10.0. The summed E-state index contributed by atoms with van der Waals surface area (Å²) in [6.07, 6.45) is 3.02. The highest BCUT2D eigenvalue weighted by molar-refractivity contribution is 5.79. The van der Waals surface area contributed by atoms with Crippen LogP contribution in [0.15, 0.2) is 47.2 Å². The summed E-state index contributed by atoms with van der Waals surface area (Å²) in [5.74, 6) is 1.32. The second-order valence-corrected chi connectivity index (χ2v) is 7.57. The Morgan fingerprint density at radius 1 is 1.19 bits per heavy atom. The third-order valence-electron chi connectivity index (χ3n) is 4.59. The molecule has 0 radical (unpaired) electrons. The first kappa shape index (κ1) is 20.5. The molecule has 0 amide bonds. The van der Waals surface area contributed by atoms with Gasteiger partial charge in [0.05, 0.1) is 18.3 Å². The molecule has 3 aromatic heterocycles. The van der Waals surface area contributed by atoms with Crippen molar-refractivity contribution in [3.05, 3.63) is 59.7 Å². The van der Waals surface area contributed by atoms with Gasteiger partial charge in [0.1, 0.15) is 22.9 Å². The molecule has 0 fully saturated rings. The summed E-state index contributed by atoms with van der Waals surface area (Å²) < 4.78 is 6.93. The summed E-state index contributed by atoms with van der Waals surface area (Å²) in [5, 5.41) is 31.4. The molecule has 1 atom stereocenters. The van der Waals surface area contributed by atoms with Crippen molar-refractivity contribution in [1.82, 2.24) is 24.9 Å². The molecule has 0 aliphatic heterocycles. The van der Waals surface area contributed by atoms with Gasteiger partial charge in [-0.25, -0.2) is 9.97 Å². The van der Waals surface area contributed by atoms with Crippen LogP contribution >= 0.6 is 0 Å². The van der Waals surface area contributed by atoms with Crippen LogP contribution in [0.4, 0.5) is 5.95 Å². The van der Waals surface area contributed by atoms with Crippen molar-refractivity contribution in [3.63, 3.8) is 0 Å². The topological polar surface area (TPSA) is 122 Å². The van der Waals surface area contributed by atoms with Crippen molar-refractivity contribution >= 4 is 5.95 Å². The van der Waals surface area contributed by atoms with Crippen molar-refractivity contribution < 1.29 is 14.7 Å². The second-order valence-electron chi connectivity index (χ2n) is 7.57. The number of aromatic nitrogens is 5. The smallest absolute Gasteiger partial charge is 0.223 e. The van der Waals surface area contributed by atoms with Crippen LogP contribution in [0.2, 0.25) is 0 Å². The maximum Gasteiger partial charge on any atom is 0.223 e. The Labute approximate surface area is 179 Å². The van der Waals surface area contributed by atoms with E-state index in [1.807, 2.05) is 32.2 Å². The van der Waals surface area contributed by atoms with Crippen molar-refractivity contribution in [2.45, 2.75) is 33.4 Å². The van der Waals surface area contributed by atoms with Gasteiger partial charge in [0.2, 0.25) is 5.95 Å². The number of rotatable bonds is 7. The van der Waals surface area contributed by atoms with Gasteiger partial charge < -0.3 is 20.1 Å². The Bertz CT molecular complexity index is 1180. The fraction of sp³-hybridized carbons (Fsp3) is 0.273. The molecule has 0 spiro atoms. The Hall–Kier alpha value is -3.72. The van der Waals surface area contributed by atoms with Crippen molar-refractivity contribution in [3.8, 4) is 28.3 Å². The largest absolute Gasteiger partial charge is 0.508 e. The van der Waals surface area contributed by atoms with E-state index < -0.39 is 6.10 Å². The normalized spacial score (nSPS) is 12.1. The highest BCUT2D eigenvalue weighted by Crippen LogP contribution is 2.33. The molecule has 0 saturated heterocycles. The predicted molar refractivity (Wildman–Crippen MR) is 116 cm³/mol. The Balaban J connectivity index is 1.77. The Morgan fingerprint density at radius 2 is 2.03 bits per heavy atom. The molecule has 0 unspecified atom stereocenters. The number of benzene rings is 1. The first-order chi connectivity index (χ1) is 14.9. The molecule has 9 heteroatoms. The highest BCUT2D eigenvalue weighted by Gasteiger charge is 2.17. The Morgan fingerprint density at radius 3 is 2.74 bits per heavy atom. The third-order valence-corrected chi connectivity index (χ3v) is 4.59. The molecule has 4 rings (SSSR count). The monoisotopic (exact) mass is 420 g/mol. The number of aromatic hydroxyl groups is 1. The molecule has 9 nitrogen and oxygen atoms in total. The average molecular weight is 420 g/mol. The number of phenols is 1. The standard InChI is InChI=1S/C22H24N6O3/c1-13-6-16(9-18(30)7-13)21-19(12-28(26-21)11-17-8-15(3)31-27-17)20-4-5-23-22(25-20)24-10-14(2)29/h4-9,12,14,29-30H,10-11H2,1-3H3,(H,23,24,25)/t14-/m0/s1. The molecular formula is C22H24N6O3. The maximum absolute atomic E-state index is 10.1. The second kappa shape index (κ2) is 8.57. The number of aliphatic hydroxyl groups is 1. The predicted octanol–water partition coefficient (Wildman–Crippen LogP) is 3.16. The number of nitrogens with zero attached hydrogens (tertiary/aromatic N) is 5. The molecule has 0 saturated carbocycles. The van der Waals surface area contributed by atoms with Crippen LogP contribution in [0.1, 0.15) is 23.9 Å². The van der Waals surface area contributed by atoms with Gasteiger partial charge in [-0.1, -0.05) is 5.16 Å².